The summed E-state index contributed by atoms with van der Waals surface area (Å²) in [5.41, 5.74) is 2.34. The van der Waals surface area contributed by atoms with Crippen molar-refractivity contribution < 1.29 is 4.79 Å². The van der Waals surface area contributed by atoms with Crippen LogP contribution >= 0.6 is 15.9 Å². The average molecular weight is 409 g/mol. The van der Waals surface area contributed by atoms with Crippen LogP contribution in [0.15, 0.2) is 53.3 Å². The van der Waals surface area contributed by atoms with Gasteiger partial charge in [0.25, 0.3) is 5.91 Å². The van der Waals surface area contributed by atoms with E-state index in [2.05, 4.69) is 48.4 Å². The molecule has 0 saturated heterocycles. The monoisotopic (exact) mass is 408 g/mol. The number of benzene rings is 2. The van der Waals surface area contributed by atoms with Gasteiger partial charge >= 0.3 is 0 Å². The number of hydrogen-bond donors (Lipinski definition) is 2. The molecule has 2 N–H and O–H groups in total. The number of unbranched alkanes of at least 4 members (excludes halogenated alkanes) is 1. The van der Waals surface area contributed by atoms with Crippen molar-refractivity contribution in [2.24, 2.45) is 0 Å². The molecule has 0 aliphatic heterocycles. The van der Waals surface area contributed by atoms with Gasteiger partial charge in [-0.1, -0.05) is 34.8 Å². The SMILES string of the molecule is CCCC#CC(=O)Nc1ccc2ncnc(Nc3cccc(Br)c3)c2c1. The quantitative estimate of drug-likeness (QED) is 0.603. The second kappa shape index (κ2) is 8.45. The van der Waals surface area contributed by atoms with Crippen molar-refractivity contribution in [3.8, 4) is 11.8 Å². The Morgan fingerprint density at radius 3 is 2.85 bits per heavy atom. The van der Waals surface area contributed by atoms with Crippen LogP contribution < -0.4 is 10.6 Å². The minimum atomic E-state index is -0.323. The number of rotatable bonds is 4. The fourth-order valence-electron chi connectivity index (χ4n) is 2.37. The van der Waals surface area contributed by atoms with Gasteiger partial charge in [-0.25, -0.2) is 9.97 Å². The number of amides is 1. The van der Waals surface area contributed by atoms with E-state index in [1.54, 1.807) is 6.07 Å². The van der Waals surface area contributed by atoms with Gasteiger partial charge in [0, 0.05) is 27.7 Å². The summed E-state index contributed by atoms with van der Waals surface area (Å²) in [5, 5.41) is 6.89. The molecule has 0 atom stereocenters. The first-order chi connectivity index (χ1) is 12.7. The number of halogens is 1. The smallest absolute Gasteiger partial charge is 0.300 e. The molecule has 0 saturated carbocycles. The van der Waals surface area contributed by atoms with Gasteiger partial charge in [-0.3, -0.25) is 4.79 Å². The minimum absolute atomic E-state index is 0.323. The zero-order valence-corrected chi connectivity index (χ0v) is 15.8. The Balaban J connectivity index is 1.88. The number of nitrogens with one attached hydrogen (secondary N) is 2. The Morgan fingerprint density at radius 1 is 1.15 bits per heavy atom. The Hall–Kier alpha value is -2.91. The molecule has 0 fully saturated rings. The molecule has 0 unspecified atom stereocenters. The highest BCUT2D eigenvalue weighted by Crippen LogP contribution is 2.26. The van der Waals surface area contributed by atoms with Crippen molar-refractivity contribution >= 4 is 49.9 Å². The molecule has 3 aromatic rings. The highest BCUT2D eigenvalue weighted by atomic mass is 79.9. The summed E-state index contributed by atoms with van der Waals surface area (Å²) in [6.45, 7) is 2.02. The molecule has 0 radical (unpaired) electrons. The summed E-state index contributed by atoms with van der Waals surface area (Å²) < 4.78 is 0.972. The van der Waals surface area contributed by atoms with Gasteiger partial charge in [-0.2, -0.15) is 0 Å². The maximum atomic E-state index is 11.9. The third kappa shape index (κ3) is 4.58. The van der Waals surface area contributed by atoms with Crippen molar-refractivity contribution in [1.82, 2.24) is 9.97 Å². The van der Waals surface area contributed by atoms with Crippen LogP contribution in [0.5, 0.6) is 0 Å². The molecule has 0 bridgehead atoms. The lowest BCUT2D eigenvalue weighted by molar-refractivity contribution is -0.111. The van der Waals surface area contributed by atoms with Gasteiger partial charge in [0.15, 0.2) is 0 Å². The van der Waals surface area contributed by atoms with Crippen LogP contribution in [0.1, 0.15) is 19.8 Å². The van der Waals surface area contributed by atoms with Crippen molar-refractivity contribution in [3.63, 3.8) is 0 Å². The van der Waals surface area contributed by atoms with Crippen LogP contribution in [-0.4, -0.2) is 15.9 Å². The zero-order chi connectivity index (χ0) is 18.4. The van der Waals surface area contributed by atoms with Crippen molar-refractivity contribution in [1.29, 1.82) is 0 Å². The maximum Gasteiger partial charge on any atom is 0.300 e. The van der Waals surface area contributed by atoms with E-state index in [0.29, 0.717) is 17.9 Å². The summed E-state index contributed by atoms with van der Waals surface area (Å²) in [5.74, 6) is 5.77. The van der Waals surface area contributed by atoms with Gasteiger partial charge in [0.05, 0.1) is 5.52 Å². The van der Waals surface area contributed by atoms with Crippen LogP contribution in [-0.2, 0) is 4.79 Å². The van der Waals surface area contributed by atoms with E-state index in [1.807, 2.05) is 43.3 Å². The van der Waals surface area contributed by atoms with Crippen LogP contribution in [0.2, 0.25) is 0 Å². The second-order valence-electron chi connectivity index (χ2n) is 5.60. The van der Waals surface area contributed by atoms with Crippen LogP contribution in [0, 0.1) is 11.8 Å². The Kier molecular flexibility index (Phi) is 5.82. The summed E-state index contributed by atoms with van der Waals surface area (Å²) in [4.78, 5) is 20.5. The number of carbonyl (C=O) groups excluding carboxylic acids is 1. The standard InChI is InChI=1S/C20H17BrN4O/c1-2-3-4-8-19(26)24-16-9-10-18-17(12-16)20(23-13-22-18)25-15-7-5-6-14(21)11-15/h5-7,9-13H,2-3H2,1H3,(H,24,26)(H,22,23,25). The van der Waals surface area contributed by atoms with E-state index in [9.17, 15) is 4.79 Å². The van der Waals surface area contributed by atoms with E-state index in [1.165, 1.54) is 6.33 Å². The van der Waals surface area contributed by atoms with Crippen molar-refractivity contribution in [3.05, 3.63) is 53.3 Å². The van der Waals surface area contributed by atoms with E-state index in [-0.39, 0.29) is 5.91 Å². The molecule has 6 heteroatoms. The predicted octanol–water partition coefficient (Wildman–Crippen LogP) is 4.88. The average Bonchev–Trinajstić information content (AvgIpc) is 2.62. The molecule has 1 amide bonds. The summed E-state index contributed by atoms with van der Waals surface area (Å²) in [6, 6.07) is 13.3. The maximum absolute atomic E-state index is 11.9. The summed E-state index contributed by atoms with van der Waals surface area (Å²) >= 11 is 3.46. The second-order valence-corrected chi connectivity index (χ2v) is 6.51. The molecule has 26 heavy (non-hydrogen) atoms. The van der Waals surface area contributed by atoms with E-state index in [0.717, 1.165) is 27.5 Å². The number of nitrogens with zero attached hydrogens (tertiary/aromatic N) is 2. The van der Waals surface area contributed by atoms with E-state index in [4.69, 9.17) is 0 Å². The lowest BCUT2D eigenvalue weighted by Crippen LogP contribution is -2.08. The highest BCUT2D eigenvalue weighted by Gasteiger charge is 2.07. The molecule has 2 aromatic carbocycles. The van der Waals surface area contributed by atoms with Gasteiger partial charge in [-0.05, 0) is 48.7 Å². The predicted molar refractivity (Wildman–Crippen MR) is 108 cm³/mol. The van der Waals surface area contributed by atoms with Crippen LogP contribution in [0.25, 0.3) is 10.9 Å². The summed E-state index contributed by atoms with van der Waals surface area (Å²) in [7, 11) is 0. The van der Waals surface area contributed by atoms with Crippen LogP contribution in [0.4, 0.5) is 17.2 Å². The van der Waals surface area contributed by atoms with E-state index >= 15 is 0 Å². The fourth-order valence-corrected chi connectivity index (χ4v) is 2.77. The van der Waals surface area contributed by atoms with Gasteiger partial charge in [-0.15, -0.1) is 0 Å². The molecule has 3 rings (SSSR count). The molecule has 0 aliphatic rings. The lowest BCUT2D eigenvalue weighted by atomic mass is 10.2. The summed E-state index contributed by atoms with van der Waals surface area (Å²) in [6.07, 6.45) is 3.15. The number of hydrogen-bond acceptors (Lipinski definition) is 4. The molecule has 130 valence electrons. The first-order valence-electron chi connectivity index (χ1n) is 8.23. The van der Waals surface area contributed by atoms with E-state index < -0.39 is 0 Å². The topological polar surface area (TPSA) is 66.9 Å². The third-order valence-electron chi connectivity index (χ3n) is 3.56. The molecule has 5 nitrogen and oxygen atoms in total. The minimum Gasteiger partial charge on any atom is -0.340 e. The van der Waals surface area contributed by atoms with Crippen molar-refractivity contribution in [2.75, 3.05) is 10.6 Å². The largest absolute Gasteiger partial charge is 0.340 e. The first kappa shape index (κ1) is 17.9. The number of aromatic nitrogens is 2. The highest BCUT2D eigenvalue weighted by molar-refractivity contribution is 9.10. The molecule has 1 aromatic heterocycles. The Morgan fingerprint density at radius 2 is 2.04 bits per heavy atom. The van der Waals surface area contributed by atoms with Gasteiger partial charge in [0.2, 0.25) is 0 Å². The molecular weight excluding hydrogens is 392 g/mol. The zero-order valence-electron chi connectivity index (χ0n) is 14.2. The normalized spacial score (nSPS) is 10.1. The number of fused-ring (bicyclic) bond motifs is 1. The van der Waals surface area contributed by atoms with Crippen LogP contribution in [0.3, 0.4) is 0 Å². The van der Waals surface area contributed by atoms with Gasteiger partial charge < -0.3 is 10.6 Å². The third-order valence-corrected chi connectivity index (χ3v) is 4.05. The first-order valence-corrected chi connectivity index (χ1v) is 9.02. The van der Waals surface area contributed by atoms with Crippen molar-refractivity contribution in [2.45, 2.75) is 19.8 Å². The number of anilines is 3. The molecule has 0 aliphatic carbocycles. The van der Waals surface area contributed by atoms with Gasteiger partial charge in [0.1, 0.15) is 12.1 Å². The lowest BCUT2D eigenvalue weighted by Gasteiger charge is -2.10. The fraction of sp³-hybridized carbons (Fsp3) is 0.150. The number of carbonyl (C=O) groups is 1. The Bertz CT molecular complexity index is 1010. The molecular formula is C20H17BrN4O. The molecule has 1 heterocycles. The molecule has 0 spiro atoms. The Labute approximate surface area is 160 Å².